The lowest BCUT2D eigenvalue weighted by Gasteiger charge is -2.47. The number of hydrogen-bond donors (Lipinski definition) is 2. The Labute approximate surface area is 143 Å². The lowest BCUT2D eigenvalue weighted by Crippen LogP contribution is -2.50. The summed E-state index contributed by atoms with van der Waals surface area (Å²) in [6.07, 6.45) is 7.94. The fourth-order valence-electron chi connectivity index (χ4n) is 4.41. The van der Waals surface area contributed by atoms with Gasteiger partial charge in [0.05, 0.1) is 7.11 Å². The molecule has 3 heterocycles. The van der Waals surface area contributed by atoms with Gasteiger partial charge in [0.25, 0.3) is 0 Å². The second kappa shape index (κ2) is 5.48. The molecular formula is C15H20N6O2S. The number of aromatic nitrogens is 3. The first kappa shape index (κ1) is 14.8. The summed E-state index contributed by atoms with van der Waals surface area (Å²) in [5.41, 5.74) is 7.13. The van der Waals surface area contributed by atoms with Gasteiger partial charge in [-0.1, -0.05) is 11.3 Å². The van der Waals surface area contributed by atoms with Crippen molar-refractivity contribution >= 4 is 26.8 Å². The number of fused-ring (bicyclic) bond motifs is 3. The van der Waals surface area contributed by atoms with Crippen LogP contribution in [0.25, 0.3) is 10.3 Å². The minimum Gasteiger partial charge on any atom is -0.479 e. The summed E-state index contributed by atoms with van der Waals surface area (Å²) >= 11 is 1.45. The normalized spacial score (nSPS) is 32.7. The molecule has 0 amide bonds. The summed E-state index contributed by atoms with van der Waals surface area (Å²) in [7, 11) is 1.58. The highest BCUT2D eigenvalue weighted by atomic mass is 32.1. The van der Waals surface area contributed by atoms with Crippen molar-refractivity contribution in [2.75, 3.05) is 19.1 Å². The van der Waals surface area contributed by atoms with E-state index in [1.165, 1.54) is 43.3 Å². The molecule has 8 nitrogen and oxygen atoms in total. The maximum absolute atomic E-state index is 6.29. The van der Waals surface area contributed by atoms with Gasteiger partial charge < -0.3 is 4.74 Å². The first-order chi connectivity index (χ1) is 11.8. The summed E-state index contributed by atoms with van der Waals surface area (Å²) in [6, 6.07) is 0. The fraction of sp³-hybridized carbons (Fsp3) is 0.667. The van der Waals surface area contributed by atoms with Crippen LogP contribution in [0.1, 0.15) is 32.1 Å². The second-order valence-electron chi connectivity index (χ2n) is 6.87. The molecule has 2 N–H and O–H groups in total. The Morgan fingerprint density at radius 1 is 1.38 bits per heavy atom. The van der Waals surface area contributed by atoms with Gasteiger partial charge in [-0.25, -0.2) is 15.4 Å². The molecule has 0 radical (unpaired) electrons. The second-order valence-corrected chi connectivity index (χ2v) is 7.85. The van der Waals surface area contributed by atoms with Crippen LogP contribution in [0.4, 0.5) is 5.13 Å². The van der Waals surface area contributed by atoms with Crippen LogP contribution in [0.2, 0.25) is 0 Å². The molecule has 2 aromatic heterocycles. The highest BCUT2D eigenvalue weighted by molar-refractivity contribution is 7.21. The third-order valence-corrected chi connectivity index (χ3v) is 6.44. The van der Waals surface area contributed by atoms with Crippen LogP contribution in [0, 0.1) is 11.8 Å². The number of methoxy groups -OCH3 is 1. The summed E-state index contributed by atoms with van der Waals surface area (Å²) in [6.45, 7) is 0.856. The van der Waals surface area contributed by atoms with Gasteiger partial charge in [0.15, 0.2) is 10.3 Å². The molecule has 6 rings (SSSR count). The molecule has 1 spiro atoms. The van der Waals surface area contributed by atoms with Gasteiger partial charge in [-0.2, -0.15) is 4.98 Å². The molecule has 9 heteroatoms. The minimum atomic E-state index is -0.0532. The van der Waals surface area contributed by atoms with Crippen LogP contribution in [-0.2, 0) is 4.84 Å². The molecule has 2 bridgehead atoms. The smallest absolute Gasteiger partial charge is 0.244 e. The van der Waals surface area contributed by atoms with Crippen molar-refractivity contribution in [3.05, 3.63) is 6.33 Å². The highest BCUT2D eigenvalue weighted by Crippen LogP contribution is 2.50. The van der Waals surface area contributed by atoms with Gasteiger partial charge in [0.2, 0.25) is 11.0 Å². The zero-order chi connectivity index (χ0) is 16.1. The monoisotopic (exact) mass is 348 g/mol. The van der Waals surface area contributed by atoms with E-state index in [1.807, 2.05) is 0 Å². The van der Waals surface area contributed by atoms with Crippen LogP contribution in [0.3, 0.4) is 0 Å². The quantitative estimate of drug-likeness (QED) is 0.873. The van der Waals surface area contributed by atoms with Crippen molar-refractivity contribution in [1.82, 2.24) is 25.7 Å². The lowest BCUT2D eigenvalue weighted by atomic mass is 9.62. The largest absolute Gasteiger partial charge is 0.479 e. The summed E-state index contributed by atoms with van der Waals surface area (Å²) in [5.74, 6) is 1.96. The van der Waals surface area contributed by atoms with Crippen molar-refractivity contribution < 1.29 is 9.57 Å². The molecule has 4 fully saturated rings. The fourth-order valence-corrected chi connectivity index (χ4v) is 5.19. The van der Waals surface area contributed by atoms with Crippen LogP contribution in [-0.4, -0.2) is 39.5 Å². The van der Waals surface area contributed by atoms with Crippen molar-refractivity contribution in [2.45, 2.75) is 37.7 Å². The van der Waals surface area contributed by atoms with Crippen molar-refractivity contribution in [3.63, 3.8) is 0 Å². The van der Waals surface area contributed by atoms with E-state index in [1.54, 1.807) is 12.4 Å². The topological polar surface area (TPSA) is 84.4 Å². The maximum atomic E-state index is 6.29. The zero-order valence-corrected chi connectivity index (χ0v) is 14.3. The Hall–Kier alpha value is -1.55. The highest BCUT2D eigenvalue weighted by Gasteiger charge is 2.53. The van der Waals surface area contributed by atoms with E-state index in [4.69, 9.17) is 9.57 Å². The van der Waals surface area contributed by atoms with Gasteiger partial charge in [-0.3, -0.25) is 10.3 Å². The molecule has 3 aliphatic carbocycles. The van der Waals surface area contributed by atoms with Gasteiger partial charge in [-0.05, 0) is 49.2 Å². The van der Waals surface area contributed by atoms with Crippen molar-refractivity contribution in [2.24, 2.45) is 11.8 Å². The van der Waals surface area contributed by atoms with E-state index in [2.05, 4.69) is 25.8 Å². The van der Waals surface area contributed by atoms with E-state index < -0.39 is 0 Å². The van der Waals surface area contributed by atoms with Gasteiger partial charge in [-0.15, -0.1) is 0 Å². The summed E-state index contributed by atoms with van der Waals surface area (Å²) < 4.78 is 5.24. The number of anilines is 1. The Morgan fingerprint density at radius 2 is 2.25 bits per heavy atom. The Balaban J connectivity index is 1.34. The lowest BCUT2D eigenvalue weighted by molar-refractivity contribution is -0.235. The first-order valence-corrected chi connectivity index (χ1v) is 9.22. The Bertz CT molecular complexity index is 762. The molecular weight excluding hydrogens is 328 g/mol. The molecule has 24 heavy (non-hydrogen) atoms. The average molecular weight is 348 g/mol. The SMILES string of the molecule is COc1ncnc2sc(NN3NC[C@]4(CC5CCC4CC5)O3)nc12. The van der Waals surface area contributed by atoms with Crippen LogP contribution in [0.5, 0.6) is 5.88 Å². The molecule has 4 aliphatic rings. The van der Waals surface area contributed by atoms with E-state index >= 15 is 0 Å². The third kappa shape index (κ3) is 2.26. The van der Waals surface area contributed by atoms with Crippen molar-refractivity contribution in [1.29, 1.82) is 0 Å². The molecule has 1 aliphatic heterocycles. The number of hydrazine groups is 2. The van der Waals surface area contributed by atoms with E-state index in [0.717, 1.165) is 23.7 Å². The number of ether oxygens (including phenoxy) is 1. The van der Waals surface area contributed by atoms with E-state index in [-0.39, 0.29) is 5.60 Å². The number of rotatable bonds is 3. The predicted octanol–water partition coefficient (Wildman–Crippen LogP) is 2.12. The molecule has 0 unspecified atom stereocenters. The van der Waals surface area contributed by atoms with Gasteiger partial charge in [0.1, 0.15) is 11.9 Å². The standard InChI is InChI=1S/C15H20N6O2S/c1-22-12-11-13(17-8-16-12)24-14(19-11)20-21-18-7-15(23-21)6-9-2-4-10(15)5-3-9/h8-10,18H,2-7H2,1H3,(H,19,20)/t9?,10?,15-/m0/s1. The molecule has 2 aromatic rings. The number of nitrogens with one attached hydrogen (secondary N) is 2. The molecule has 3 saturated carbocycles. The Morgan fingerprint density at radius 3 is 3.00 bits per heavy atom. The summed E-state index contributed by atoms with van der Waals surface area (Å²) in [4.78, 5) is 19.9. The maximum Gasteiger partial charge on any atom is 0.244 e. The first-order valence-electron chi connectivity index (χ1n) is 8.41. The average Bonchev–Trinajstić information content (AvgIpc) is 3.19. The number of nitrogens with zero attached hydrogens (tertiary/aromatic N) is 4. The number of thiazole rings is 1. The minimum absolute atomic E-state index is 0.0532. The van der Waals surface area contributed by atoms with Crippen LogP contribution < -0.4 is 15.6 Å². The predicted molar refractivity (Wildman–Crippen MR) is 89.1 cm³/mol. The van der Waals surface area contributed by atoms with E-state index in [9.17, 15) is 0 Å². The van der Waals surface area contributed by atoms with Crippen LogP contribution in [0.15, 0.2) is 6.33 Å². The number of hydrogen-bond acceptors (Lipinski definition) is 9. The van der Waals surface area contributed by atoms with Gasteiger partial charge in [0, 0.05) is 6.54 Å². The molecule has 1 saturated heterocycles. The van der Waals surface area contributed by atoms with E-state index in [0.29, 0.717) is 22.4 Å². The molecule has 0 aromatic carbocycles. The molecule has 1 atom stereocenters. The van der Waals surface area contributed by atoms with Gasteiger partial charge >= 0.3 is 0 Å². The van der Waals surface area contributed by atoms with Crippen molar-refractivity contribution in [3.8, 4) is 5.88 Å². The Kier molecular flexibility index (Phi) is 3.37. The summed E-state index contributed by atoms with van der Waals surface area (Å²) in [5, 5.41) is 2.33. The molecule has 128 valence electrons. The third-order valence-electron chi connectivity index (χ3n) is 5.57. The zero-order valence-electron chi connectivity index (χ0n) is 13.5. The van der Waals surface area contributed by atoms with Crippen LogP contribution >= 0.6 is 11.3 Å².